The van der Waals surface area contributed by atoms with E-state index in [1.54, 1.807) is 0 Å². The van der Waals surface area contributed by atoms with Crippen molar-refractivity contribution < 1.29 is 4.79 Å². The SMILES string of the molecule is CNC1CCN(C(=O)C(C(C)C)N2CCCCC2)CC1.Cl.Cl. The summed E-state index contributed by atoms with van der Waals surface area (Å²) in [7, 11) is 2.02. The maximum absolute atomic E-state index is 12.9. The molecule has 2 saturated heterocycles. The summed E-state index contributed by atoms with van der Waals surface area (Å²) in [6, 6.07) is 0.688. The quantitative estimate of drug-likeness (QED) is 0.843. The Morgan fingerprint density at radius 3 is 2.00 bits per heavy atom. The summed E-state index contributed by atoms with van der Waals surface area (Å²) >= 11 is 0. The number of amides is 1. The molecule has 1 atom stereocenters. The number of hydrogen-bond acceptors (Lipinski definition) is 3. The third-order valence-electron chi connectivity index (χ3n) is 4.88. The van der Waals surface area contributed by atoms with Crippen LogP contribution in [0.4, 0.5) is 0 Å². The average molecular weight is 354 g/mol. The summed E-state index contributed by atoms with van der Waals surface area (Å²) in [6.45, 7) is 8.42. The van der Waals surface area contributed by atoms with Gasteiger partial charge in [0.1, 0.15) is 0 Å². The van der Waals surface area contributed by atoms with E-state index in [-0.39, 0.29) is 30.9 Å². The second-order valence-corrected chi connectivity index (χ2v) is 6.67. The first-order valence-corrected chi connectivity index (χ1v) is 8.33. The van der Waals surface area contributed by atoms with Gasteiger partial charge in [0.2, 0.25) is 5.91 Å². The second kappa shape index (κ2) is 10.7. The number of nitrogens with zero attached hydrogens (tertiary/aromatic N) is 2. The second-order valence-electron chi connectivity index (χ2n) is 6.67. The summed E-state index contributed by atoms with van der Waals surface area (Å²) in [5, 5.41) is 3.33. The van der Waals surface area contributed by atoms with Crippen molar-refractivity contribution in [3.05, 3.63) is 0 Å². The van der Waals surface area contributed by atoms with Gasteiger partial charge in [-0.2, -0.15) is 0 Å². The summed E-state index contributed by atoms with van der Waals surface area (Å²) in [4.78, 5) is 17.4. The minimum Gasteiger partial charge on any atom is -0.341 e. The number of carbonyl (C=O) groups excluding carboxylic acids is 1. The maximum Gasteiger partial charge on any atom is 0.240 e. The molecule has 0 saturated carbocycles. The zero-order chi connectivity index (χ0) is 14.5. The molecule has 2 aliphatic heterocycles. The molecule has 0 radical (unpaired) electrons. The van der Waals surface area contributed by atoms with Crippen LogP contribution in [0.5, 0.6) is 0 Å². The topological polar surface area (TPSA) is 35.6 Å². The molecule has 2 heterocycles. The molecule has 1 amide bonds. The molecule has 0 aromatic rings. The number of carbonyl (C=O) groups is 1. The largest absolute Gasteiger partial charge is 0.341 e. The van der Waals surface area contributed by atoms with Crippen molar-refractivity contribution >= 4 is 30.7 Å². The van der Waals surface area contributed by atoms with Crippen molar-refractivity contribution in [3.8, 4) is 0 Å². The van der Waals surface area contributed by atoms with Gasteiger partial charge in [0.15, 0.2) is 0 Å². The molecule has 4 nitrogen and oxygen atoms in total. The van der Waals surface area contributed by atoms with Crippen LogP contribution in [0.15, 0.2) is 0 Å². The van der Waals surface area contributed by atoms with Gasteiger partial charge in [0.25, 0.3) is 0 Å². The summed E-state index contributed by atoms with van der Waals surface area (Å²) in [5.74, 6) is 0.777. The van der Waals surface area contributed by atoms with E-state index in [0.29, 0.717) is 17.9 Å². The van der Waals surface area contributed by atoms with Gasteiger partial charge < -0.3 is 10.2 Å². The molecule has 0 aromatic carbocycles. The molecule has 1 unspecified atom stereocenters. The van der Waals surface area contributed by atoms with Crippen molar-refractivity contribution in [2.45, 2.75) is 58.0 Å². The fourth-order valence-corrected chi connectivity index (χ4v) is 3.64. The Bertz CT molecular complexity index is 315. The van der Waals surface area contributed by atoms with Crippen LogP contribution in [0.1, 0.15) is 46.0 Å². The highest BCUT2D eigenvalue weighted by Gasteiger charge is 2.34. The zero-order valence-corrected chi connectivity index (χ0v) is 15.8. The van der Waals surface area contributed by atoms with E-state index in [1.807, 2.05) is 7.05 Å². The Kier molecular flexibility index (Phi) is 10.7. The van der Waals surface area contributed by atoms with Crippen LogP contribution >= 0.6 is 24.8 Å². The van der Waals surface area contributed by atoms with E-state index in [2.05, 4.69) is 29.0 Å². The summed E-state index contributed by atoms with van der Waals surface area (Å²) < 4.78 is 0. The van der Waals surface area contributed by atoms with Gasteiger partial charge in [-0.25, -0.2) is 0 Å². The molecule has 0 aliphatic carbocycles. The fraction of sp³-hybridized carbons (Fsp3) is 0.938. The number of piperidine rings is 2. The lowest BCUT2D eigenvalue weighted by atomic mass is 9.96. The molecule has 22 heavy (non-hydrogen) atoms. The Labute approximate surface area is 148 Å². The fourth-order valence-electron chi connectivity index (χ4n) is 3.64. The average Bonchev–Trinajstić information content (AvgIpc) is 2.48. The lowest BCUT2D eigenvalue weighted by Gasteiger charge is -2.40. The van der Waals surface area contributed by atoms with Gasteiger partial charge >= 0.3 is 0 Å². The molecule has 0 aromatic heterocycles. The third kappa shape index (κ3) is 5.55. The van der Waals surface area contributed by atoms with Crippen molar-refractivity contribution in [2.24, 2.45) is 5.92 Å². The van der Waals surface area contributed by atoms with E-state index in [4.69, 9.17) is 0 Å². The molecule has 1 N–H and O–H groups in total. The minimum absolute atomic E-state index is 0. The van der Waals surface area contributed by atoms with E-state index in [1.165, 1.54) is 19.3 Å². The lowest BCUT2D eigenvalue weighted by molar-refractivity contribution is -0.140. The molecular weight excluding hydrogens is 321 g/mol. The minimum atomic E-state index is 0. The Balaban J connectivity index is 0.00000220. The van der Waals surface area contributed by atoms with Gasteiger partial charge in [-0.1, -0.05) is 20.3 Å². The van der Waals surface area contributed by atoms with E-state index < -0.39 is 0 Å². The first kappa shape index (κ1) is 22.0. The summed E-state index contributed by atoms with van der Waals surface area (Å²) in [5.41, 5.74) is 0. The van der Waals surface area contributed by atoms with Gasteiger partial charge in [0.05, 0.1) is 6.04 Å². The third-order valence-corrected chi connectivity index (χ3v) is 4.88. The highest BCUT2D eigenvalue weighted by molar-refractivity contribution is 5.85. The molecule has 2 fully saturated rings. The Hall–Kier alpha value is -0.0300. The number of rotatable bonds is 4. The Morgan fingerprint density at radius 2 is 1.55 bits per heavy atom. The van der Waals surface area contributed by atoms with E-state index in [0.717, 1.165) is 39.0 Å². The number of hydrogen-bond donors (Lipinski definition) is 1. The van der Waals surface area contributed by atoms with Crippen LogP contribution in [0.25, 0.3) is 0 Å². The van der Waals surface area contributed by atoms with Crippen molar-refractivity contribution in [2.75, 3.05) is 33.2 Å². The van der Waals surface area contributed by atoms with Crippen LogP contribution in [-0.4, -0.2) is 61.0 Å². The zero-order valence-electron chi connectivity index (χ0n) is 14.2. The number of nitrogens with one attached hydrogen (secondary N) is 1. The predicted octanol–water partition coefficient (Wildman–Crippen LogP) is 2.55. The number of halogens is 2. The standard InChI is InChI=1S/C16H31N3O.2ClH/c1-13(2)15(18-9-5-4-6-10-18)16(20)19-11-7-14(17-3)8-12-19;;/h13-15,17H,4-12H2,1-3H3;2*1H. The van der Waals surface area contributed by atoms with Gasteiger partial charge in [-0.05, 0) is 51.7 Å². The van der Waals surface area contributed by atoms with Gasteiger partial charge in [-0.3, -0.25) is 9.69 Å². The van der Waals surface area contributed by atoms with Crippen LogP contribution < -0.4 is 5.32 Å². The first-order chi connectivity index (χ1) is 9.63. The van der Waals surface area contributed by atoms with Crippen molar-refractivity contribution in [3.63, 3.8) is 0 Å². The van der Waals surface area contributed by atoms with Crippen LogP contribution in [0, 0.1) is 5.92 Å². The molecule has 6 heteroatoms. The normalized spacial score (nSPS) is 21.9. The number of likely N-dealkylation sites (tertiary alicyclic amines) is 2. The lowest BCUT2D eigenvalue weighted by Crippen LogP contribution is -2.55. The van der Waals surface area contributed by atoms with Gasteiger partial charge in [0, 0.05) is 19.1 Å². The monoisotopic (exact) mass is 353 g/mol. The van der Waals surface area contributed by atoms with Crippen LogP contribution in [0.2, 0.25) is 0 Å². The summed E-state index contributed by atoms with van der Waals surface area (Å²) in [6.07, 6.45) is 6.00. The highest BCUT2D eigenvalue weighted by Crippen LogP contribution is 2.21. The van der Waals surface area contributed by atoms with Crippen molar-refractivity contribution in [1.82, 2.24) is 15.1 Å². The molecule has 0 bridgehead atoms. The first-order valence-electron chi connectivity index (χ1n) is 8.33. The predicted molar refractivity (Wildman–Crippen MR) is 97.2 cm³/mol. The maximum atomic E-state index is 12.9. The van der Waals surface area contributed by atoms with Crippen LogP contribution in [0.3, 0.4) is 0 Å². The molecular formula is C16H33Cl2N3O. The smallest absolute Gasteiger partial charge is 0.240 e. The highest BCUT2D eigenvalue weighted by atomic mass is 35.5. The molecule has 0 spiro atoms. The van der Waals surface area contributed by atoms with Crippen LogP contribution in [-0.2, 0) is 4.79 Å². The van der Waals surface area contributed by atoms with E-state index >= 15 is 0 Å². The van der Waals surface area contributed by atoms with E-state index in [9.17, 15) is 4.79 Å². The molecule has 132 valence electrons. The van der Waals surface area contributed by atoms with Gasteiger partial charge in [-0.15, -0.1) is 24.8 Å². The molecule has 2 aliphatic rings. The van der Waals surface area contributed by atoms with Crippen molar-refractivity contribution in [1.29, 1.82) is 0 Å². The molecule has 2 rings (SSSR count). The Morgan fingerprint density at radius 1 is 1.00 bits per heavy atom.